The van der Waals surface area contributed by atoms with E-state index in [1.54, 1.807) is 6.92 Å². The summed E-state index contributed by atoms with van der Waals surface area (Å²) in [6.07, 6.45) is -11.9. The fourth-order valence-corrected chi connectivity index (χ4v) is 5.09. The van der Waals surface area contributed by atoms with Gasteiger partial charge in [-0.3, -0.25) is 4.99 Å². The summed E-state index contributed by atoms with van der Waals surface area (Å²) in [7, 11) is 2.60. The van der Waals surface area contributed by atoms with Crippen molar-refractivity contribution >= 4 is 23.6 Å². The fraction of sp³-hybridized carbons (Fsp3) is 0.382. The van der Waals surface area contributed by atoms with Crippen LogP contribution in [-0.2, 0) is 15.9 Å². The topological polar surface area (TPSA) is 294 Å². The number of nitrogens with two attached hydrogens (primary N) is 1. The van der Waals surface area contributed by atoms with Crippen molar-refractivity contribution in [2.24, 2.45) is 10.7 Å². The number of hydrogen-bond donors (Lipinski definition) is 10. The number of carboxylic acid groups (broad SMARTS) is 1. The van der Waals surface area contributed by atoms with E-state index in [9.17, 15) is 45.3 Å². The van der Waals surface area contributed by atoms with Gasteiger partial charge < -0.3 is 80.5 Å². The summed E-state index contributed by atoms with van der Waals surface area (Å²) in [4.78, 5) is 29.0. The number of benzene rings is 3. The Balaban J connectivity index is 1.56. The monoisotopic (exact) mass is 746 g/mol. The number of carboxylic acids is 1. The van der Waals surface area contributed by atoms with Crippen LogP contribution in [0.4, 0.5) is 5.69 Å². The normalized spacial score (nSPS) is 20.5. The average molecular weight is 747 g/mol. The predicted octanol–water partition coefficient (Wildman–Crippen LogP) is 0.0901. The van der Waals surface area contributed by atoms with Crippen LogP contribution >= 0.6 is 0 Å². The Labute approximate surface area is 302 Å². The number of phenols is 2. The Morgan fingerprint density at radius 2 is 1.66 bits per heavy atom. The van der Waals surface area contributed by atoms with Crippen molar-refractivity contribution in [2.45, 2.75) is 50.3 Å². The molecule has 1 heterocycles. The van der Waals surface area contributed by atoms with E-state index < -0.39 is 71.7 Å². The van der Waals surface area contributed by atoms with Crippen LogP contribution in [0.2, 0.25) is 0 Å². The molecule has 11 N–H and O–H groups in total. The number of ether oxygens (including phenoxy) is 6. The standard InChI is InChI=1S/C34H42N4O15/c1-4-37-19-14-21(20(12-17(19)30(44)45)50-15-38-34(35)36-2)51-33-27(43)25(41)26(42)29(52-33)32(47)53-31(46)18-13-22(48-3)24(40)28(23(18)39)49-11-10-16-8-6-5-7-9-16/h5-9,12-14,25-27,29,32-33,37,39-43,47H,4,10-11,15H2,1-3H3,(H,44,45)(H3,35,36,38)/t25-,26-,27+,29-,32-,33-/m0/s1. The number of carbonyl (C=O) groups is 2. The lowest BCUT2D eigenvalue weighted by molar-refractivity contribution is -0.309. The summed E-state index contributed by atoms with van der Waals surface area (Å²) in [5, 5.41) is 79.9. The molecule has 0 radical (unpaired) electrons. The van der Waals surface area contributed by atoms with Crippen molar-refractivity contribution in [1.82, 2.24) is 5.32 Å². The number of aromatic carboxylic acids is 1. The van der Waals surface area contributed by atoms with Crippen LogP contribution in [0.5, 0.6) is 34.5 Å². The molecule has 1 aliphatic heterocycles. The van der Waals surface area contributed by atoms with Gasteiger partial charge in [0, 0.05) is 38.2 Å². The number of aromatic hydroxyl groups is 2. The second-order valence-electron chi connectivity index (χ2n) is 11.3. The lowest BCUT2D eigenvalue weighted by atomic mass is 9.98. The Hall–Kier alpha value is -5.73. The van der Waals surface area contributed by atoms with Crippen LogP contribution in [0.25, 0.3) is 0 Å². The van der Waals surface area contributed by atoms with Crippen molar-refractivity contribution in [1.29, 1.82) is 0 Å². The van der Waals surface area contributed by atoms with Crippen molar-refractivity contribution < 1.29 is 73.8 Å². The molecule has 1 aliphatic rings. The lowest BCUT2D eigenvalue weighted by Crippen LogP contribution is -2.62. The summed E-state index contributed by atoms with van der Waals surface area (Å²) in [6.45, 7) is 1.65. The molecule has 3 aromatic rings. The van der Waals surface area contributed by atoms with E-state index >= 15 is 0 Å². The second-order valence-corrected chi connectivity index (χ2v) is 11.3. The molecule has 0 saturated carbocycles. The van der Waals surface area contributed by atoms with Gasteiger partial charge in [-0.05, 0) is 12.5 Å². The highest BCUT2D eigenvalue weighted by atomic mass is 16.7. The SMILES string of the molecule is CCNc1cc(O[C@H]2O[C@H]([C@@H](O)OC(=O)c3cc(OC)c(O)c(OCCc4ccccc4)c3O)[C@@H](O)[C@H](O)[C@H]2O)c(OCNC(N)=NC)cc1C(=O)O. The van der Waals surface area contributed by atoms with E-state index in [2.05, 4.69) is 15.6 Å². The van der Waals surface area contributed by atoms with E-state index in [-0.39, 0.29) is 47.8 Å². The van der Waals surface area contributed by atoms with Gasteiger partial charge in [0.25, 0.3) is 0 Å². The van der Waals surface area contributed by atoms with Crippen molar-refractivity contribution in [3.05, 3.63) is 65.2 Å². The number of phenolic OH excluding ortho intramolecular Hbond substituents is 2. The van der Waals surface area contributed by atoms with Crippen LogP contribution in [0.15, 0.2) is 53.5 Å². The van der Waals surface area contributed by atoms with Gasteiger partial charge in [-0.1, -0.05) is 30.3 Å². The Bertz CT molecular complexity index is 1760. The summed E-state index contributed by atoms with van der Waals surface area (Å²) in [5.74, 6) is -5.41. The lowest BCUT2D eigenvalue weighted by Gasteiger charge is -2.41. The molecule has 0 aromatic heterocycles. The molecule has 0 unspecified atom stereocenters. The Morgan fingerprint density at radius 1 is 0.962 bits per heavy atom. The number of aliphatic hydroxyl groups is 4. The van der Waals surface area contributed by atoms with Gasteiger partial charge in [0.1, 0.15) is 23.9 Å². The maximum absolute atomic E-state index is 13.3. The third-order valence-corrected chi connectivity index (χ3v) is 7.88. The minimum Gasteiger partial charge on any atom is -0.504 e. The van der Waals surface area contributed by atoms with Gasteiger partial charge in [-0.25, -0.2) is 9.59 Å². The molecule has 1 fully saturated rings. The van der Waals surface area contributed by atoms with Crippen LogP contribution < -0.4 is 35.3 Å². The van der Waals surface area contributed by atoms with E-state index in [4.69, 9.17) is 34.2 Å². The highest BCUT2D eigenvalue weighted by Crippen LogP contribution is 2.46. The second kappa shape index (κ2) is 18.2. The largest absolute Gasteiger partial charge is 0.504 e. The smallest absolute Gasteiger partial charge is 0.344 e. The molecular weight excluding hydrogens is 704 g/mol. The van der Waals surface area contributed by atoms with Gasteiger partial charge in [-0.2, -0.15) is 0 Å². The molecule has 53 heavy (non-hydrogen) atoms. The third-order valence-electron chi connectivity index (χ3n) is 7.88. The molecule has 19 heteroatoms. The van der Waals surface area contributed by atoms with Crippen LogP contribution in [0, 0.1) is 0 Å². The molecule has 0 spiro atoms. The van der Waals surface area contributed by atoms with Crippen molar-refractivity contribution in [3.63, 3.8) is 0 Å². The number of nitrogens with one attached hydrogen (secondary N) is 2. The minimum absolute atomic E-state index is 0.00408. The molecule has 19 nitrogen and oxygen atoms in total. The van der Waals surface area contributed by atoms with Crippen LogP contribution in [0.3, 0.4) is 0 Å². The molecule has 4 rings (SSSR count). The van der Waals surface area contributed by atoms with E-state index in [0.717, 1.165) is 17.7 Å². The summed E-state index contributed by atoms with van der Waals surface area (Å²) in [6, 6.07) is 12.4. The van der Waals surface area contributed by atoms with Crippen LogP contribution in [-0.4, -0.2) is 125 Å². The summed E-state index contributed by atoms with van der Waals surface area (Å²) >= 11 is 0. The number of rotatable bonds is 16. The number of guanidine groups is 1. The molecule has 1 saturated heterocycles. The third kappa shape index (κ3) is 9.58. The number of aliphatic hydroxyl groups excluding tert-OH is 4. The maximum atomic E-state index is 13.3. The number of anilines is 1. The highest BCUT2D eigenvalue weighted by Gasteiger charge is 2.49. The predicted molar refractivity (Wildman–Crippen MR) is 184 cm³/mol. The summed E-state index contributed by atoms with van der Waals surface area (Å²) < 4.78 is 32.8. The quantitative estimate of drug-likeness (QED) is 0.0402. The fourth-order valence-electron chi connectivity index (χ4n) is 5.09. The molecule has 0 amide bonds. The van der Waals surface area contributed by atoms with Gasteiger partial charge in [0.05, 0.1) is 25.0 Å². The number of esters is 1. The van der Waals surface area contributed by atoms with Gasteiger partial charge in [0.2, 0.25) is 24.1 Å². The van der Waals surface area contributed by atoms with E-state index in [1.165, 1.54) is 20.2 Å². The molecular formula is C34H42N4O15. The zero-order valence-electron chi connectivity index (χ0n) is 28.8. The minimum atomic E-state index is -2.37. The van der Waals surface area contributed by atoms with Crippen molar-refractivity contribution in [3.8, 4) is 34.5 Å². The first-order valence-corrected chi connectivity index (χ1v) is 16.1. The van der Waals surface area contributed by atoms with Crippen molar-refractivity contribution in [2.75, 3.05) is 39.4 Å². The first-order valence-electron chi connectivity index (χ1n) is 16.1. The van der Waals surface area contributed by atoms with Gasteiger partial charge in [-0.15, -0.1) is 0 Å². The number of nitrogens with zero attached hydrogens (tertiary/aromatic N) is 1. The number of aliphatic imine (C=N–C) groups is 1. The number of hydrogen-bond acceptors (Lipinski definition) is 16. The zero-order valence-corrected chi connectivity index (χ0v) is 28.8. The first kappa shape index (κ1) is 40.0. The van der Waals surface area contributed by atoms with E-state index in [0.29, 0.717) is 13.0 Å². The average Bonchev–Trinajstić information content (AvgIpc) is 3.14. The zero-order chi connectivity index (χ0) is 38.8. The number of methoxy groups -OCH3 is 1. The maximum Gasteiger partial charge on any atom is 0.344 e. The van der Waals surface area contributed by atoms with Gasteiger partial charge in [0.15, 0.2) is 41.8 Å². The highest BCUT2D eigenvalue weighted by molar-refractivity contribution is 5.96. The molecule has 0 bridgehead atoms. The molecule has 6 atom stereocenters. The first-order chi connectivity index (χ1) is 25.3. The van der Waals surface area contributed by atoms with Crippen LogP contribution in [0.1, 0.15) is 33.2 Å². The Morgan fingerprint density at radius 3 is 2.30 bits per heavy atom. The Kier molecular flexibility index (Phi) is 13.7. The van der Waals surface area contributed by atoms with Gasteiger partial charge >= 0.3 is 11.9 Å². The molecule has 0 aliphatic carbocycles. The summed E-state index contributed by atoms with van der Waals surface area (Å²) in [5.41, 5.74) is 5.76. The molecule has 288 valence electrons. The number of carbonyl (C=O) groups excluding carboxylic acids is 1. The molecule has 3 aromatic carbocycles. The van der Waals surface area contributed by atoms with E-state index in [1.807, 2.05) is 30.3 Å².